The lowest BCUT2D eigenvalue weighted by atomic mass is 10.2. The average molecular weight is 348 g/mol. The molecule has 24 heavy (non-hydrogen) atoms. The van der Waals surface area contributed by atoms with Crippen molar-refractivity contribution < 1.29 is 9.53 Å². The number of hydrogen-bond acceptors (Lipinski definition) is 4. The second kappa shape index (κ2) is 8.66. The van der Waals surface area contributed by atoms with Crippen molar-refractivity contribution >= 4 is 24.0 Å². The summed E-state index contributed by atoms with van der Waals surface area (Å²) in [5.41, 5.74) is 1.90. The maximum Gasteiger partial charge on any atom is 0.241 e. The van der Waals surface area contributed by atoms with E-state index in [1.807, 2.05) is 18.2 Å². The first-order valence-electron chi connectivity index (χ1n) is 8.01. The van der Waals surface area contributed by atoms with E-state index >= 15 is 0 Å². The molecular formula is C18H22ClN3O2. The largest absolute Gasteiger partial charge is 0.439 e. The summed E-state index contributed by atoms with van der Waals surface area (Å²) in [5.74, 6) is 1.27. The van der Waals surface area contributed by atoms with Crippen molar-refractivity contribution in [2.45, 2.75) is 32.2 Å². The molecule has 0 radical (unpaired) electrons. The van der Waals surface area contributed by atoms with Crippen LogP contribution in [0.2, 0.25) is 0 Å². The number of nitrogens with zero attached hydrogens (tertiary/aromatic N) is 1. The van der Waals surface area contributed by atoms with E-state index in [2.05, 4.69) is 28.6 Å². The van der Waals surface area contributed by atoms with Gasteiger partial charge < -0.3 is 15.4 Å². The first-order chi connectivity index (χ1) is 11.2. The first kappa shape index (κ1) is 18.2. The highest BCUT2D eigenvalue weighted by atomic mass is 35.5. The molecule has 0 bridgehead atoms. The Balaban J connectivity index is 0.00000208. The van der Waals surface area contributed by atoms with Gasteiger partial charge in [0.15, 0.2) is 0 Å². The fourth-order valence-corrected chi connectivity index (χ4v) is 2.60. The summed E-state index contributed by atoms with van der Waals surface area (Å²) >= 11 is 0. The second-order valence-electron chi connectivity index (χ2n) is 5.63. The Morgan fingerprint density at radius 2 is 2.25 bits per heavy atom. The number of carbonyl (C=O) groups is 1. The van der Waals surface area contributed by atoms with Crippen LogP contribution in [0, 0.1) is 0 Å². The van der Waals surface area contributed by atoms with Gasteiger partial charge in [-0.3, -0.25) is 4.79 Å². The molecule has 0 saturated carbocycles. The number of carbonyl (C=O) groups excluding carboxylic acids is 1. The lowest BCUT2D eigenvalue weighted by Gasteiger charge is -2.11. The first-order valence-corrected chi connectivity index (χ1v) is 8.01. The van der Waals surface area contributed by atoms with Crippen LogP contribution in [-0.2, 0) is 11.2 Å². The molecule has 0 spiro atoms. The van der Waals surface area contributed by atoms with Crippen molar-refractivity contribution in [1.29, 1.82) is 0 Å². The van der Waals surface area contributed by atoms with E-state index in [-0.39, 0.29) is 24.4 Å². The summed E-state index contributed by atoms with van der Waals surface area (Å²) in [5, 5.41) is 6.05. The van der Waals surface area contributed by atoms with Crippen molar-refractivity contribution in [1.82, 2.24) is 10.3 Å². The third kappa shape index (κ3) is 4.69. The Morgan fingerprint density at radius 3 is 2.92 bits per heavy atom. The SMILES string of the molecule is CCc1cccc(Oc2ccc(NC(=O)C3CCCN3)cn2)c1.Cl. The van der Waals surface area contributed by atoms with Crippen LogP contribution in [0.4, 0.5) is 5.69 Å². The van der Waals surface area contributed by atoms with Crippen molar-refractivity contribution in [2.24, 2.45) is 0 Å². The Hall–Kier alpha value is -2.11. The van der Waals surface area contributed by atoms with Crippen LogP contribution in [0.1, 0.15) is 25.3 Å². The van der Waals surface area contributed by atoms with Gasteiger partial charge in [-0.2, -0.15) is 0 Å². The molecule has 1 atom stereocenters. The van der Waals surface area contributed by atoms with Gasteiger partial charge in [0.1, 0.15) is 5.75 Å². The molecule has 2 aromatic rings. The number of halogens is 1. The fourth-order valence-electron chi connectivity index (χ4n) is 2.60. The van der Waals surface area contributed by atoms with Crippen LogP contribution in [0.3, 0.4) is 0 Å². The van der Waals surface area contributed by atoms with Crippen LogP contribution >= 0.6 is 12.4 Å². The zero-order chi connectivity index (χ0) is 16.1. The Morgan fingerprint density at radius 1 is 1.38 bits per heavy atom. The van der Waals surface area contributed by atoms with Gasteiger partial charge in [0.25, 0.3) is 0 Å². The highest BCUT2D eigenvalue weighted by Crippen LogP contribution is 2.22. The molecule has 2 heterocycles. The molecule has 128 valence electrons. The van der Waals surface area contributed by atoms with E-state index < -0.39 is 0 Å². The number of aryl methyl sites for hydroxylation is 1. The van der Waals surface area contributed by atoms with Crippen LogP contribution in [0.15, 0.2) is 42.6 Å². The monoisotopic (exact) mass is 347 g/mol. The minimum Gasteiger partial charge on any atom is -0.439 e. The van der Waals surface area contributed by atoms with Crippen LogP contribution < -0.4 is 15.4 Å². The Bertz CT molecular complexity index is 670. The van der Waals surface area contributed by atoms with Gasteiger partial charge in [-0.1, -0.05) is 19.1 Å². The van der Waals surface area contributed by atoms with E-state index in [1.165, 1.54) is 5.56 Å². The van der Waals surface area contributed by atoms with Crippen molar-refractivity contribution in [3.8, 4) is 11.6 Å². The number of pyridine rings is 1. The Labute approximate surface area is 148 Å². The quantitative estimate of drug-likeness (QED) is 0.868. The second-order valence-corrected chi connectivity index (χ2v) is 5.63. The highest BCUT2D eigenvalue weighted by Gasteiger charge is 2.21. The number of aromatic nitrogens is 1. The van der Waals surface area contributed by atoms with Crippen LogP contribution in [0.5, 0.6) is 11.6 Å². The molecule has 3 rings (SSSR count). The van der Waals surface area contributed by atoms with Crippen molar-refractivity contribution in [3.63, 3.8) is 0 Å². The molecule has 1 aromatic carbocycles. The predicted molar refractivity (Wildman–Crippen MR) is 97.0 cm³/mol. The van der Waals surface area contributed by atoms with Gasteiger partial charge in [-0.05, 0) is 49.6 Å². The molecule has 1 aliphatic rings. The van der Waals surface area contributed by atoms with E-state index in [0.29, 0.717) is 11.6 Å². The lowest BCUT2D eigenvalue weighted by Crippen LogP contribution is -2.35. The molecule has 1 amide bonds. The molecule has 1 aliphatic heterocycles. The summed E-state index contributed by atoms with van der Waals surface area (Å²) in [7, 11) is 0. The maximum absolute atomic E-state index is 12.0. The summed E-state index contributed by atoms with van der Waals surface area (Å²) < 4.78 is 5.74. The van der Waals surface area contributed by atoms with Gasteiger partial charge in [-0.25, -0.2) is 4.98 Å². The van der Waals surface area contributed by atoms with E-state index in [1.54, 1.807) is 18.3 Å². The number of ether oxygens (including phenoxy) is 1. The van der Waals surface area contributed by atoms with E-state index in [0.717, 1.165) is 31.6 Å². The summed E-state index contributed by atoms with van der Waals surface area (Å²) in [4.78, 5) is 16.3. The fraction of sp³-hybridized carbons (Fsp3) is 0.333. The highest BCUT2D eigenvalue weighted by molar-refractivity contribution is 5.94. The average Bonchev–Trinajstić information content (AvgIpc) is 3.11. The van der Waals surface area contributed by atoms with Crippen LogP contribution in [0.25, 0.3) is 0 Å². The molecule has 2 N–H and O–H groups in total. The standard InChI is InChI=1S/C18H21N3O2.ClH/c1-2-13-5-3-6-15(11-13)23-17-9-8-14(12-20-17)21-18(22)16-7-4-10-19-16;/h3,5-6,8-9,11-12,16,19H,2,4,7,10H2,1H3,(H,21,22);1H. The third-order valence-electron chi connectivity index (χ3n) is 3.91. The zero-order valence-electron chi connectivity index (χ0n) is 13.6. The summed E-state index contributed by atoms with van der Waals surface area (Å²) in [6.45, 7) is 3.01. The number of hydrogen-bond donors (Lipinski definition) is 2. The van der Waals surface area contributed by atoms with Gasteiger partial charge in [-0.15, -0.1) is 12.4 Å². The summed E-state index contributed by atoms with van der Waals surface area (Å²) in [6, 6.07) is 11.4. The topological polar surface area (TPSA) is 63.2 Å². The number of benzene rings is 1. The van der Waals surface area contributed by atoms with Gasteiger partial charge in [0.05, 0.1) is 17.9 Å². The predicted octanol–water partition coefficient (Wildman–Crippen LogP) is 3.55. The molecule has 1 fully saturated rings. The van der Waals surface area contributed by atoms with Gasteiger partial charge in [0.2, 0.25) is 11.8 Å². The molecule has 0 aliphatic carbocycles. The van der Waals surface area contributed by atoms with Crippen LogP contribution in [-0.4, -0.2) is 23.5 Å². The minimum absolute atomic E-state index is 0. The smallest absolute Gasteiger partial charge is 0.241 e. The number of nitrogens with one attached hydrogen (secondary N) is 2. The van der Waals surface area contributed by atoms with Gasteiger partial charge >= 0.3 is 0 Å². The molecule has 1 aromatic heterocycles. The van der Waals surface area contributed by atoms with Crippen molar-refractivity contribution in [2.75, 3.05) is 11.9 Å². The molecule has 6 heteroatoms. The Kier molecular flexibility index (Phi) is 6.58. The van der Waals surface area contributed by atoms with Gasteiger partial charge in [0, 0.05) is 6.07 Å². The number of anilines is 1. The molecule has 1 unspecified atom stereocenters. The molecule has 1 saturated heterocycles. The van der Waals surface area contributed by atoms with Crippen molar-refractivity contribution in [3.05, 3.63) is 48.2 Å². The van der Waals surface area contributed by atoms with E-state index in [4.69, 9.17) is 4.74 Å². The number of rotatable bonds is 5. The normalized spacial score (nSPS) is 16.3. The van der Waals surface area contributed by atoms with E-state index in [9.17, 15) is 4.79 Å². The molecular weight excluding hydrogens is 326 g/mol. The number of amides is 1. The minimum atomic E-state index is -0.0947. The molecule has 5 nitrogen and oxygen atoms in total. The maximum atomic E-state index is 12.0. The lowest BCUT2D eigenvalue weighted by molar-refractivity contribution is -0.117. The summed E-state index contributed by atoms with van der Waals surface area (Å²) in [6.07, 6.45) is 4.50. The third-order valence-corrected chi connectivity index (χ3v) is 3.91. The zero-order valence-corrected chi connectivity index (χ0v) is 14.4.